The van der Waals surface area contributed by atoms with Crippen LogP contribution in [0.5, 0.6) is 0 Å². The van der Waals surface area contributed by atoms with Gasteiger partial charge in [-0.1, -0.05) is 49.2 Å². The smallest absolute Gasteiger partial charge is 0.325 e. The molecule has 2 aromatic rings. The summed E-state index contributed by atoms with van der Waals surface area (Å²) in [7, 11) is -2.57. The first-order chi connectivity index (χ1) is 14.6. The molecule has 0 aliphatic heterocycles. The number of hydrogen-bond donors (Lipinski definition) is 0. The summed E-state index contributed by atoms with van der Waals surface area (Å²) >= 11 is 12.1. The van der Waals surface area contributed by atoms with Crippen molar-refractivity contribution in [1.29, 1.82) is 0 Å². The Kier molecular flexibility index (Phi) is 8.88. The highest BCUT2D eigenvalue weighted by Gasteiger charge is 2.26. The Balaban J connectivity index is 2.45. The monoisotopic (exact) mass is 486 g/mol. The summed E-state index contributed by atoms with van der Waals surface area (Å²) in [6, 6.07) is 10.8. The van der Waals surface area contributed by atoms with Crippen LogP contribution in [0.3, 0.4) is 0 Å². The molecule has 168 valence electrons. The van der Waals surface area contributed by atoms with E-state index in [0.29, 0.717) is 5.02 Å². The summed E-state index contributed by atoms with van der Waals surface area (Å²) in [6.45, 7) is 3.78. The Bertz CT molecular complexity index is 1040. The minimum absolute atomic E-state index is 0.0206. The van der Waals surface area contributed by atoms with E-state index < -0.39 is 21.9 Å². The van der Waals surface area contributed by atoms with Crippen LogP contribution in [0.4, 0.5) is 0 Å². The number of ether oxygens (including phenoxy) is 1. The van der Waals surface area contributed by atoms with Gasteiger partial charge in [0.25, 0.3) is 5.91 Å². The van der Waals surface area contributed by atoms with Gasteiger partial charge in [0.1, 0.15) is 6.54 Å². The average molecular weight is 487 g/mol. The molecule has 0 aromatic heterocycles. The maximum absolute atomic E-state index is 13.3. The van der Waals surface area contributed by atoms with Gasteiger partial charge in [-0.15, -0.1) is 0 Å². The van der Waals surface area contributed by atoms with Crippen molar-refractivity contribution in [2.24, 2.45) is 0 Å². The van der Waals surface area contributed by atoms with Crippen molar-refractivity contribution in [2.75, 3.05) is 26.7 Å². The maximum atomic E-state index is 13.3. The van der Waals surface area contributed by atoms with E-state index in [9.17, 15) is 18.0 Å². The molecule has 0 unspecified atom stereocenters. The molecule has 0 atom stereocenters. The molecule has 0 N–H and O–H groups in total. The van der Waals surface area contributed by atoms with E-state index >= 15 is 0 Å². The number of carbonyl (C=O) groups excluding carboxylic acids is 2. The highest BCUT2D eigenvalue weighted by Crippen LogP contribution is 2.25. The van der Waals surface area contributed by atoms with Gasteiger partial charge < -0.3 is 9.64 Å². The molecular weight excluding hydrogens is 463 g/mol. The predicted octanol–water partition coefficient (Wildman–Crippen LogP) is 3.84. The Morgan fingerprint density at radius 2 is 1.61 bits per heavy atom. The number of nitrogens with zero attached hydrogens (tertiary/aromatic N) is 2. The Morgan fingerprint density at radius 1 is 1.00 bits per heavy atom. The van der Waals surface area contributed by atoms with Crippen molar-refractivity contribution in [3.05, 3.63) is 63.6 Å². The van der Waals surface area contributed by atoms with Crippen molar-refractivity contribution < 1.29 is 22.7 Å². The molecule has 0 bridgehead atoms. The summed E-state index contributed by atoms with van der Waals surface area (Å²) in [5, 5.41) is 0.612. The van der Waals surface area contributed by atoms with E-state index in [2.05, 4.69) is 0 Å². The van der Waals surface area contributed by atoms with E-state index in [1.165, 1.54) is 34.5 Å². The van der Waals surface area contributed by atoms with Crippen LogP contribution in [-0.2, 0) is 26.1 Å². The lowest BCUT2D eigenvalue weighted by atomic mass is 10.1. The van der Waals surface area contributed by atoms with Gasteiger partial charge in [0.2, 0.25) is 10.0 Å². The van der Waals surface area contributed by atoms with Gasteiger partial charge >= 0.3 is 5.97 Å². The van der Waals surface area contributed by atoms with E-state index in [-0.39, 0.29) is 41.7 Å². The summed E-state index contributed by atoms with van der Waals surface area (Å²) in [6.07, 6.45) is 0. The number of rotatable bonds is 9. The molecule has 0 heterocycles. The Hall–Kier alpha value is -2.13. The first-order valence-electron chi connectivity index (χ1n) is 9.54. The van der Waals surface area contributed by atoms with Crippen LogP contribution in [-0.4, -0.2) is 56.2 Å². The third kappa shape index (κ3) is 6.20. The normalized spacial score (nSPS) is 11.4. The summed E-state index contributed by atoms with van der Waals surface area (Å²) < 4.78 is 31.7. The molecule has 7 nitrogen and oxygen atoms in total. The fourth-order valence-electron chi connectivity index (χ4n) is 2.94. The Labute approximate surface area is 192 Å². The average Bonchev–Trinajstić information content (AvgIpc) is 2.75. The predicted molar refractivity (Wildman–Crippen MR) is 120 cm³/mol. The summed E-state index contributed by atoms with van der Waals surface area (Å²) in [5.74, 6) is -1.22. The van der Waals surface area contributed by atoms with Crippen LogP contribution < -0.4 is 0 Å². The maximum Gasteiger partial charge on any atom is 0.325 e. The second-order valence-corrected chi connectivity index (χ2v) is 9.38. The minimum atomic E-state index is -3.79. The molecule has 0 aliphatic rings. The van der Waals surface area contributed by atoms with Gasteiger partial charge in [0, 0.05) is 24.7 Å². The van der Waals surface area contributed by atoms with Crippen LogP contribution in [0.1, 0.15) is 29.8 Å². The van der Waals surface area contributed by atoms with Crippen molar-refractivity contribution in [3.8, 4) is 0 Å². The summed E-state index contributed by atoms with van der Waals surface area (Å²) in [4.78, 5) is 26.4. The van der Waals surface area contributed by atoms with Crippen LogP contribution in [0, 0.1) is 0 Å². The quantitative estimate of drug-likeness (QED) is 0.502. The molecule has 0 radical (unpaired) electrons. The number of benzene rings is 2. The Morgan fingerprint density at radius 3 is 2.16 bits per heavy atom. The number of amides is 1. The number of methoxy groups -OCH3 is 1. The molecule has 0 aliphatic carbocycles. The molecule has 0 saturated heterocycles. The fourth-order valence-corrected chi connectivity index (χ4v) is 4.75. The van der Waals surface area contributed by atoms with E-state index in [1.54, 1.807) is 38.1 Å². The lowest BCUT2D eigenvalue weighted by Gasteiger charge is -2.23. The number of hydrogen-bond acceptors (Lipinski definition) is 5. The highest BCUT2D eigenvalue weighted by atomic mass is 35.5. The van der Waals surface area contributed by atoms with Crippen molar-refractivity contribution in [2.45, 2.75) is 25.3 Å². The zero-order chi connectivity index (χ0) is 23.2. The molecule has 2 aromatic carbocycles. The third-order valence-electron chi connectivity index (χ3n) is 4.63. The lowest BCUT2D eigenvalue weighted by molar-refractivity contribution is -0.141. The van der Waals surface area contributed by atoms with Crippen molar-refractivity contribution >= 4 is 45.1 Å². The zero-order valence-electron chi connectivity index (χ0n) is 17.5. The number of esters is 1. The number of halogens is 2. The van der Waals surface area contributed by atoms with Gasteiger partial charge in [-0.25, -0.2) is 8.42 Å². The molecule has 10 heteroatoms. The van der Waals surface area contributed by atoms with Crippen molar-refractivity contribution in [3.63, 3.8) is 0 Å². The van der Waals surface area contributed by atoms with Gasteiger partial charge in [0.05, 0.1) is 22.6 Å². The van der Waals surface area contributed by atoms with Gasteiger partial charge in [-0.05, 0) is 35.9 Å². The second kappa shape index (κ2) is 10.9. The van der Waals surface area contributed by atoms with E-state index in [4.69, 9.17) is 27.9 Å². The largest absolute Gasteiger partial charge is 0.468 e. The zero-order valence-corrected chi connectivity index (χ0v) is 19.8. The summed E-state index contributed by atoms with van der Waals surface area (Å²) in [5.41, 5.74) is 0.706. The first-order valence-corrected chi connectivity index (χ1v) is 11.7. The molecule has 0 fully saturated rings. The molecule has 31 heavy (non-hydrogen) atoms. The molecular formula is C21H24Cl2N2O5S. The van der Waals surface area contributed by atoms with Gasteiger partial charge in [0.15, 0.2) is 0 Å². The van der Waals surface area contributed by atoms with Crippen LogP contribution in [0.2, 0.25) is 10.0 Å². The van der Waals surface area contributed by atoms with Gasteiger partial charge in [-0.2, -0.15) is 4.31 Å². The van der Waals surface area contributed by atoms with Gasteiger partial charge in [-0.3, -0.25) is 9.59 Å². The molecule has 0 spiro atoms. The fraction of sp³-hybridized carbons (Fsp3) is 0.333. The lowest BCUT2D eigenvalue weighted by Crippen LogP contribution is -2.36. The van der Waals surface area contributed by atoms with Crippen LogP contribution in [0.25, 0.3) is 0 Å². The standard InChI is InChI=1S/C21H24Cl2N2O5S/c1-4-25(5-2)31(28,29)17-10-11-19(23)18(12-17)21(27)24(14-20(26)30-3)13-15-6-8-16(22)9-7-15/h6-12H,4-5,13-14H2,1-3H3. The first kappa shape index (κ1) is 25.1. The third-order valence-corrected chi connectivity index (χ3v) is 7.26. The number of carbonyl (C=O) groups is 2. The second-order valence-electron chi connectivity index (χ2n) is 6.59. The number of sulfonamides is 1. The molecule has 1 amide bonds. The van der Waals surface area contributed by atoms with Crippen molar-refractivity contribution in [1.82, 2.24) is 9.21 Å². The molecule has 2 rings (SSSR count). The van der Waals surface area contributed by atoms with Crippen LogP contribution in [0.15, 0.2) is 47.4 Å². The minimum Gasteiger partial charge on any atom is -0.468 e. The van der Waals surface area contributed by atoms with E-state index in [1.807, 2.05) is 0 Å². The highest BCUT2D eigenvalue weighted by molar-refractivity contribution is 7.89. The topological polar surface area (TPSA) is 84.0 Å². The van der Waals surface area contributed by atoms with Crippen LogP contribution >= 0.6 is 23.2 Å². The SMILES string of the molecule is CCN(CC)S(=O)(=O)c1ccc(Cl)c(C(=O)N(CC(=O)OC)Cc2ccc(Cl)cc2)c1. The molecule has 0 saturated carbocycles. The van der Waals surface area contributed by atoms with E-state index in [0.717, 1.165) is 5.56 Å².